The van der Waals surface area contributed by atoms with Gasteiger partial charge in [0.2, 0.25) is 0 Å². The topological polar surface area (TPSA) is 37.3 Å². The standard InChI is InChI=1S/C10H18O2S/c1-4-8-5-10(6-8,9(11)12)13-7(2)3/h7-8H,4-6H2,1-3H3,(H,11,12). The van der Waals surface area contributed by atoms with Crippen molar-refractivity contribution in [2.75, 3.05) is 0 Å². The molecule has 0 radical (unpaired) electrons. The molecule has 0 aromatic rings. The molecular weight excluding hydrogens is 184 g/mol. The lowest BCUT2D eigenvalue weighted by Gasteiger charge is -2.44. The van der Waals surface area contributed by atoms with Gasteiger partial charge in [0.25, 0.3) is 0 Å². The quantitative estimate of drug-likeness (QED) is 0.761. The van der Waals surface area contributed by atoms with Gasteiger partial charge in [-0.1, -0.05) is 27.2 Å². The van der Waals surface area contributed by atoms with Crippen LogP contribution in [0.4, 0.5) is 0 Å². The van der Waals surface area contributed by atoms with Crippen molar-refractivity contribution in [2.24, 2.45) is 5.92 Å². The zero-order chi connectivity index (χ0) is 10.1. The summed E-state index contributed by atoms with van der Waals surface area (Å²) in [5.74, 6) is 0.0262. The molecule has 0 atom stereocenters. The molecule has 0 aromatic carbocycles. The molecule has 0 aliphatic heterocycles. The van der Waals surface area contributed by atoms with Crippen LogP contribution in [0.25, 0.3) is 0 Å². The van der Waals surface area contributed by atoms with E-state index in [2.05, 4.69) is 20.8 Å². The Labute approximate surface area is 84.1 Å². The Bertz CT molecular complexity index is 195. The fourth-order valence-electron chi connectivity index (χ4n) is 1.93. The third kappa shape index (κ3) is 2.19. The van der Waals surface area contributed by atoms with Crippen LogP contribution >= 0.6 is 11.8 Å². The molecule has 1 rings (SSSR count). The van der Waals surface area contributed by atoms with E-state index in [-0.39, 0.29) is 0 Å². The zero-order valence-electron chi connectivity index (χ0n) is 8.54. The molecule has 1 saturated carbocycles. The first-order chi connectivity index (χ1) is 6.00. The molecule has 0 aromatic heterocycles. The number of hydrogen-bond donors (Lipinski definition) is 1. The van der Waals surface area contributed by atoms with Gasteiger partial charge in [0.15, 0.2) is 0 Å². The van der Waals surface area contributed by atoms with Crippen molar-refractivity contribution < 1.29 is 9.90 Å². The third-order valence-electron chi connectivity index (χ3n) is 2.67. The highest BCUT2D eigenvalue weighted by Gasteiger charge is 2.50. The van der Waals surface area contributed by atoms with Gasteiger partial charge in [-0.15, -0.1) is 11.8 Å². The monoisotopic (exact) mass is 202 g/mol. The van der Waals surface area contributed by atoms with E-state index < -0.39 is 10.7 Å². The minimum Gasteiger partial charge on any atom is -0.480 e. The molecule has 2 nitrogen and oxygen atoms in total. The molecule has 0 heterocycles. The van der Waals surface area contributed by atoms with Gasteiger partial charge < -0.3 is 5.11 Å². The number of carbonyl (C=O) groups is 1. The molecule has 0 unspecified atom stereocenters. The summed E-state index contributed by atoms with van der Waals surface area (Å²) in [5.41, 5.74) is 0. The van der Waals surface area contributed by atoms with Crippen LogP contribution in [-0.2, 0) is 4.79 Å². The van der Waals surface area contributed by atoms with Crippen molar-refractivity contribution in [1.82, 2.24) is 0 Å². The van der Waals surface area contributed by atoms with Crippen LogP contribution in [0.5, 0.6) is 0 Å². The highest BCUT2D eigenvalue weighted by molar-refractivity contribution is 8.02. The minimum atomic E-state index is -0.615. The van der Waals surface area contributed by atoms with Gasteiger partial charge in [-0.3, -0.25) is 4.79 Å². The van der Waals surface area contributed by atoms with Crippen molar-refractivity contribution in [3.8, 4) is 0 Å². The predicted molar refractivity (Wildman–Crippen MR) is 56.1 cm³/mol. The molecular formula is C10H18O2S. The van der Waals surface area contributed by atoms with Crippen molar-refractivity contribution in [1.29, 1.82) is 0 Å². The second-order valence-electron chi connectivity index (χ2n) is 4.15. The average Bonchev–Trinajstić information content (AvgIpc) is 1.94. The summed E-state index contributed by atoms with van der Waals surface area (Å²) in [6, 6.07) is 0. The van der Waals surface area contributed by atoms with E-state index in [4.69, 9.17) is 5.11 Å². The average molecular weight is 202 g/mol. The molecule has 76 valence electrons. The Morgan fingerprint density at radius 3 is 2.46 bits per heavy atom. The van der Waals surface area contributed by atoms with Crippen LogP contribution in [0.15, 0.2) is 0 Å². The molecule has 0 bridgehead atoms. The largest absolute Gasteiger partial charge is 0.480 e. The predicted octanol–water partition coefficient (Wildman–Crippen LogP) is 2.77. The van der Waals surface area contributed by atoms with Crippen molar-refractivity contribution in [3.05, 3.63) is 0 Å². The molecule has 1 aliphatic carbocycles. The highest BCUT2D eigenvalue weighted by atomic mass is 32.2. The molecule has 3 heteroatoms. The second kappa shape index (κ2) is 3.91. The van der Waals surface area contributed by atoms with Crippen molar-refractivity contribution in [2.45, 2.75) is 50.0 Å². The van der Waals surface area contributed by atoms with Crippen LogP contribution in [0, 0.1) is 5.92 Å². The molecule has 1 N–H and O–H groups in total. The van der Waals surface area contributed by atoms with Crippen LogP contribution in [-0.4, -0.2) is 21.1 Å². The first-order valence-corrected chi connectivity index (χ1v) is 5.79. The summed E-state index contributed by atoms with van der Waals surface area (Å²) in [6.07, 6.45) is 2.84. The SMILES string of the molecule is CCC1CC(SC(C)C)(C(=O)O)C1. The number of rotatable bonds is 4. The molecule has 1 aliphatic rings. The lowest BCUT2D eigenvalue weighted by atomic mass is 9.73. The molecule has 0 saturated heterocycles. The van der Waals surface area contributed by atoms with E-state index in [1.165, 1.54) is 0 Å². The smallest absolute Gasteiger partial charge is 0.319 e. The fraction of sp³-hybridized carbons (Fsp3) is 0.900. The van der Waals surface area contributed by atoms with Gasteiger partial charge in [0.1, 0.15) is 4.75 Å². The Hall–Kier alpha value is -0.180. The maximum Gasteiger partial charge on any atom is 0.319 e. The number of carboxylic acid groups (broad SMARTS) is 1. The first kappa shape index (κ1) is 10.9. The van der Waals surface area contributed by atoms with Gasteiger partial charge in [-0.05, 0) is 18.8 Å². The van der Waals surface area contributed by atoms with Crippen LogP contribution in [0.2, 0.25) is 0 Å². The number of aliphatic carboxylic acids is 1. The van der Waals surface area contributed by atoms with E-state index in [9.17, 15) is 4.79 Å². The molecule has 0 amide bonds. The summed E-state index contributed by atoms with van der Waals surface area (Å²) in [5, 5.41) is 9.54. The summed E-state index contributed by atoms with van der Waals surface area (Å²) < 4.78 is -0.450. The lowest BCUT2D eigenvalue weighted by Crippen LogP contribution is -2.48. The normalized spacial score (nSPS) is 33.1. The van der Waals surface area contributed by atoms with Gasteiger partial charge in [-0.25, -0.2) is 0 Å². The van der Waals surface area contributed by atoms with E-state index in [1.807, 2.05) is 0 Å². The fourth-order valence-corrected chi connectivity index (χ4v) is 3.60. The van der Waals surface area contributed by atoms with Crippen LogP contribution in [0.3, 0.4) is 0 Å². The van der Waals surface area contributed by atoms with Gasteiger partial charge in [-0.2, -0.15) is 0 Å². The van der Waals surface area contributed by atoms with E-state index >= 15 is 0 Å². The summed E-state index contributed by atoms with van der Waals surface area (Å²) >= 11 is 1.62. The van der Waals surface area contributed by atoms with Gasteiger partial charge >= 0.3 is 5.97 Å². The number of thioether (sulfide) groups is 1. The number of hydrogen-bond acceptors (Lipinski definition) is 2. The lowest BCUT2D eigenvalue weighted by molar-refractivity contribution is -0.143. The maximum atomic E-state index is 11.1. The Morgan fingerprint density at radius 1 is 1.62 bits per heavy atom. The zero-order valence-corrected chi connectivity index (χ0v) is 9.36. The summed E-state index contributed by atoms with van der Waals surface area (Å²) in [6.45, 7) is 6.26. The second-order valence-corrected chi connectivity index (χ2v) is 6.11. The maximum absolute atomic E-state index is 11.1. The van der Waals surface area contributed by atoms with Gasteiger partial charge in [0, 0.05) is 5.25 Å². The molecule has 0 spiro atoms. The van der Waals surface area contributed by atoms with Gasteiger partial charge in [0.05, 0.1) is 0 Å². The van der Waals surface area contributed by atoms with Crippen LogP contribution in [0.1, 0.15) is 40.0 Å². The Balaban J connectivity index is 2.55. The minimum absolute atomic E-state index is 0.411. The van der Waals surface area contributed by atoms with Crippen LogP contribution < -0.4 is 0 Å². The molecule has 1 fully saturated rings. The third-order valence-corrected chi connectivity index (χ3v) is 4.10. The van der Waals surface area contributed by atoms with E-state index in [0.29, 0.717) is 11.2 Å². The number of carboxylic acids is 1. The molecule has 13 heavy (non-hydrogen) atoms. The van der Waals surface area contributed by atoms with E-state index in [1.54, 1.807) is 11.8 Å². The van der Waals surface area contributed by atoms with Crippen molar-refractivity contribution in [3.63, 3.8) is 0 Å². The Kier molecular flexibility index (Phi) is 3.28. The Morgan fingerprint density at radius 2 is 2.15 bits per heavy atom. The van der Waals surface area contributed by atoms with E-state index in [0.717, 1.165) is 19.3 Å². The summed E-state index contributed by atoms with van der Waals surface area (Å²) in [7, 11) is 0. The first-order valence-electron chi connectivity index (χ1n) is 4.91. The van der Waals surface area contributed by atoms with Crippen molar-refractivity contribution >= 4 is 17.7 Å². The highest BCUT2D eigenvalue weighted by Crippen LogP contribution is 2.50. The summed E-state index contributed by atoms with van der Waals surface area (Å²) in [4.78, 5) is 11.1.